The normalized spacial score (nSPS) is 18.0. The van der Waals surface area contributed by atoms with E-state index >= 15 is 0 Å². The molecule has 3 aromatic heterocycles. The Labute approximate surface area is 200 Å². The van der Waals surface area contributed by atoms with Crippen LogP contribution in [0.4, 0.5) is 5.82 Å². The van der Waals surface area contributed by atoms with Crippen molar-refractivity contribution in [2.45, 2.75) is 72.6 Å². The first-order chi connectivity index (χ1) is 15.8. The third-order valence-electron chi connectivity index (χ3n) is 7.08. The molecule has 1 aliphatic heterocycles. The first-order valence-corrected chi connectivity index (χ1v) is 13.2. The fraction of sp³-hybridized carbons (Fsp3) is 0.615. The lowest BCUT2D eigenvalue weighted by Crippen LogP contribution is -2.27. The highest BCUT2D eigenvalue weighted by atomic mass is 32.1. The van der Waals surface area contributed by atoms with E-state index in [4.69, 9.17) is 9.97 Å². The van der Waals surface area contributed by atoms with E-state index < -0.39 is 0 Å². The van der Waals surface area contributed by atoms with Gasteiger partial charge in [0.25, 0.3) is 0 Å². The SMILES string of the molecule is CC(C)Cc1nc2sc3c(NCCCN4CCCC4=O)ncnc3c2c2c1CCC(C)(C)C2. The Kier molecular flexibility index (Phi) is 6.02. The van der Waals surface area contributed by atoms with Crippen LogP contribution in [0.3, 0.4) is 0 Å². The third kappa shape index (κ3) is 4.44. The summed E-state index contributed by atoms with van der Waals surface area (Å²) in [5.74, 6) is 1.77. The lowest BCUT2D eigenvalue weighted by molar-refractivity contribution is -0.127. The van der Waals surface area contributed by atoms with Crippen molar-refractivity contribution < 1.29 is 4.79 Å². The summed E-state index contributed by atoms with van der Waals surface area (Å²) in [4.78, 5) is 29.4. The third-order valence-corrected chi connectivity index (χ3v) is 8.16. The summed E-state index contributed by atoms with van der Waals surface area (Å²) in [5, 5.41) is 4.77. The number of carbonyl (C=O) groups is 1. The molecule has 0 radical (unpaired) electrons. The number of thiophene rings is 1. The maximum atomic E-state index is 11.8. The first kappa shape index (κ1) is 22.5. The van der Waals surface area contributed by atoms with Crippen molar-refractivity contribution in [2.75, 3.05) is 25.0 Å². The summed E-state index contributed by atoms with van der Waals surface area (Å²) in [6.45, 7) is 11.8. The summed E-state index contributed by atoms with van der Waals surface area (Å²) in [7, 11) is 0. The van der Waals surface area contributed by atoms with Gasteiger partial charge in [0.2, 0.25) is 5.91 Å². The fourth-order valence-corrected chi connectivity index (χ4v) is 6.53. The van der Waals surface area contributed by atoms with Crippen LogP contribution >= 0.6 is 11.3 Å². The number of fused-ring (bicyclic) bond motifs is 5. The summed E-state index contributed by atoms with van der Waals surface area (Å²) in [6, 6.07) is 0. The van der Waals surface area contributed by atoms with E-state index in [-0.39, 0.29) is 0 Å². The Morgan fingerprint density at radius 1 is 1.21 bits per heavy atom. The molecule has 1 aliphatic carbocycles. The number of carbonyl (C=O) groups excluding carboxylic acids is 1. The summed E-state index contributed by atoms with van der Waals surface area (Å²) in [5.41, 5.74) is 5.56. The van der Waals surface area contributed by atoms with Gasteiger partial charge in [-0.05, 0) is 61.0 Å². The van der Waals surface area contributed by atoms with E-state index in [2.05, 4.69) is 38.0 Å². The van der Waals surface area contributed by atoms with Gasteiger partial charge in [0, 0.05) is 37.1 Å². The Hall–Kier alpha value is -2.28. The van der Waals surface area contributed by atoms with Crippen LogP contribution in [-0.2, 0) is 24.1 Å². The molecule has 1 N–H and O–H groups in total. The van der Waals surface area contributed by atoms with E-state index in [0.717, 1.165) is 72.6 Å². The molecule has 176 valence electrons. The van der Waals surface area contributed by atoms with Crippen molar-refractivity contribution in [3.05, 3.63) is 23.1 Å². The number of hydrogen-bond acceptors (Lipinski definition) is 6. The van der Waals surface area contributed by atoms with Gasteiger partial charge in [0.15, 0.2) is 0 Å². The molecule has 7 heteroatoms. The molecule has 1 amide bonds. The van der Waals surface area contributed by atoms with Gasteiger partial charge in [-0.15, -0.1) is 11.3 Å². The zero-order chi connectivity index (χ0) is 23.2. The average Bonchev–Trinajstić information content (AvgIpc) is 3.33. The van der Waals surface area contributed by atoms with E-state index in [9.17, 15) is 4.79 Å². The summed E-state index contributed by atoms with van der Waals surface area (Å²) < 4.78 is 1.10. The Morgan fingerprint density at radius 2 is 2.06 bits per heavy atom. The molecular formula is C26H35N5OS. The van der Waals surface area contributed by atoms with Gasteiger partial charge in [-0.2, -0.15) is 0 Å². The molecule has 0 aromatic carbocycles. The number of rotatable bonds is 7. The van der Waals surface area contributed by atoms with Crippen molar-refractivity contribution in [1.29, 1.82) is 0 Å². The summed E-state index contributed by atoms with van der Waals surface area (Å²) >= 11 is 1.72. The zero-order valence-electron chi connectivity index (χ0n) is 20.3. The van der Waals surface area contributed by atoms with E-state index in [1.165, 1.54) is 28.6 Å². The molecular weight excluding hydrogens is 430 g/mol. The number of nitrogens with zero attached hydrogens (tertiary/aromatic N) is 4. The number of likely N-dealkylation sites (tertiary alicyclic amines) is 1. The minimum absolute atomic E-state index is 0.292. The number of aromatic nitrogens is 3. The van der Waals surface area contributed by atoms with Crippen LogP contribution in [0.1, 0.15) is 70.2 Å². The van der Waals surface area contributed by atoms with Crippen LogP contribution in [-0.4, -0.2) is 45.4 Å². The predicted octanol–water partition coefficient (Wildman–Crippen LogP) is 5.38. The Balaban J connectivity index is 1.48. The van der Waals surface area contributed by atoms with Crippen LogP contribution in [0, 0.1) is 11.3 Å². The number of amides is 1. The minimum Gasteiger partial charge on any atom is -0.369 e. The van der Waals surface area contributed by atoms with Gasteiger partial charge in [-0.25, -0.2) is 15.0 Å². The number of pyridine rings is 1. The van der Waals surface area contributed by atoms with Gasteiger partial charge >= 0.3 is 0 Å². The van der Waals surface area contributed by atoms with Crippen LogP contribution in [0.2, 0.25) is 0 Å². The van der Waals surface area contributed by atoms with E-state index in [1.807, 2.05) is 4.90 Å². The molecule has 3 aromatic rings. The van der Waals surface area contributed by atoms with Crippen LogP contribution in [0.25, 0.3) is 20.4 Å². The molecule has 0 bridgehead atoms. The van der Waals surface area contributed by atoms with Gasteiger partial charge in [0.1, 0.15) is 17.0 Å². The van der Waals surface area contributed by atoms with Crippen LogP contribution < -0.4 is 5.32 Å². The second-order valence-electron chi connectivity index (χ2n) is 10.9. The number of anilines is 1. The first-order valence-electron chi connectivity index (χ1n) is 12.4. The highest BCUT2D eigenvalue weighted by Gasteiger charge is 2.31. The van der Waals surface area contributed by atoms with Crippen molar-refractivity contribution in [1.82, 2.24) is 19.9 Å². The Bertz CT molecular complexity index is 1200. The maximum absolute atomic E-state index is 11.8. The lowest BCUT2D eigenvalue weighted by atomic mass is 9.73. The van der Waals surface area contributed by atoms with Crippen molar-refractivity contribution in [3.63, 3.8) is 0 Å². The summed E-state index contributed by atoms with van der Waals surface area (Å²) in [6.07, 6.45) is 8.72. The molecule has 6 nitrogen and oxygen atoms in total. The van der Waals surface area contributed by atoms with E-state index in [1.54, 1.807) is 17.7 Å². The Morgan fingerprint density at radius 3 is 2.82 bits per heavy atom. The quantitative estimate of drug-likeness (QED) is 0.475. The molecule has 0 atom stereocenters. The maximum Gasteiger partial charge on any atom is 0.222 e. The molecule has 5 rings (SSSR count). The van der Waals surface area contributed by atoms with Gasteiger partial charge < -0.3 is 10.2 Å². The van der Waals surface area contributed by atoms with Crippen molar-refractivity contribution in [2.24, 2.45) is 11.3 Å². The number of hydrogen-bond donors (Lipinski definition) is 1. The standard InChI is InChI=1S/C26H35N5OS/c1-16(2)13-19-17-8-9-26(3,4)14-18(17)21-22-23(33-25(21)30-19)24(29-15-28-22)27-10-6-12-31-11-5-7-20(31)32/h15-16H,5-14H2,1-4H3,(H,27,28,29). The van der Waals surface area contributed by atoms with Crippen molar-refractivity contribution >= 4 is 43.5 Å². The molecule has 0 saturated carbocycles. The van der Waals surface area contributed by atoms with E-state index in [0.29, 0.717) is 23.7 Å². The molecule has 1 fully saturated rings. The highest BCUT2D eigenvalue weighted by molar-refractivity contribution is 7.26. The second-order valence-corrected chi connectivity index (χ2v) is 11.9. The lowest BCUT2D eigenvalue weighted by Gasteiger charge is -2.33. The minimum atomic E-state index is 0.292. The number of nitrogens with one attached hydrogen (secondary N) is 1. The smallest absolute Gasteiger partial charge is 0.222 e. The zero-order valence-corrected chi connectivity index (χ0v) is 21.1. The van der Waals surface area contributed by atoms with Gasteiger partial charge in [-0.1, -0.05) is 27.7 Å². The largest absolute Gasteiger partial charge is 0.369 e. The monoisotopic (exact) mass is 465 g/mol. The average molecular weight is 466 g/mol. The second kappa shape index (κ2) is 8.82. The predicted molar refractivity (Wildman–Crippen MR) is 136 cm³/mol. The van der Waals surface area contributed by atoms with Crippen LogP contribution in [0.5, 0.6) is 0 Å². The molecule has 2 aliphatic rings. The van der Waals surface area contributed by atoms with Crippen molar-refractivity contribution in [3.8, 4) is 0 Å². The van der Waals surface area contributed by atoms with Crippen LogP contribution in [0.15, 0.2) is 6.33 Å². The molecule has 0 unspecified atom stereocenters. The molecule has 33 heavy (non-hydrogen) atoms. The molecule has 0 spiro atoms. The van der Waals surface area contributed by atoms with Gasteiger partial charge in [-0.3, -0.25) is 4.79 Å². The fourth-order valence-electron chi connectivity index (χ4n) is 5.38. The topological polar surface area (TPSA) is 71.0 Å². The highest BCUT2D eigenvalue weighted by Crippen LogP contribution is 2.44. The molecule has 4 heterocycles. The van der Waals surface area contributed by atoms with Gasteiger partial charge in [0.05, 0.1) is 10.2 Å². The molecule has 1 saturated heterocycles.